The summed E-state index contributed by atoms with van der Waals surface area (Å²) in [6, 6.07) is 16.7. The summed E-state index contributed by atoms with van der Waals surface area (Å²) in [7, 11) is 0. The van der Waals surface area contributed by atoms with Crippen molar-refractivity contribution in [2.45, 2.75) is 52.0 Å². The SMILES string of the molecule is CCCCCCC(C)Nc1ccc(Nc2cccc(Cl)c2)cc1. The first-order valence-corrected chi connectivity index (χ1v) is 8.94. The molecule has 0 aliphatic heterocycles. The summed E-state index contributed by atoms with van der Waals surface area (Å²) in [4.78, 5) is 0. The fraction of sp³-hybridized carbons (Fsp3) is 0.400. The quantitative estimate of drug-likeness (QED) is 0.491. The summed E-state index contributed by atoms with van der Waals surface area (Å²) in [6.07, 6.45) is 6.50. The zero-order valence-electron chi connectivity index (χ0n) is 14.1. The van der Waals surface area contributed by atoms with Crippen LogP contribution in [0.25, 0.3) is 0 Å². The topological polar surface area (TPSA) is 24.1 Å². The Labute approximate surface area is 145 Å². The highest BCUT2D eigenvalue weighted by atomic mass is 35.5. The molecule has 0 aromatic heterocycles. The Morgan fingerprint density at radius 1 is 0.913 bits per heavy atom. The minimum atomic E-state index is 0.513. The fourth-order valence-corrected chi connectivity index (χ4v) is 2.81. The molecule has 0 saturated heterocycles. The van der Waals surface area contributed by atoms with Crippen molar-refractivity contribution >= 4 is 28.7 Å². The molecule has 2 rings (SSSR count). The molecule has 0 aliphatic rings. The van der Waals surface area contributed by atoms with Crippen molar-refractivity contribution in [1.82, 2.24) is 0 Å². The molecule has 0 spiro atoms. The molecule has 2 aromatic carbocycles. The van der Waals surface area contributed by atoms with E-state index in [-0.39, 0.29) is 0 Å². The van der Waals surface area contributed by atoms with Crippen molar-refractivity contribution in [2.24, 2.45) is 0 Å². The molecule has 3 heteroatoms. The van der Waals surface area contributed by atoms with Crippen molar-refractivity contribution < 1.29 is 0 Å². The number of halogens is 1. The van der Waals surface area contributed by atoms with Gasteiger partial charge in [0, 0.05) is 28.1 Å². The van der Waals surface area contributed by atoms with E-state index in [1.807, 2.05) is 24.3 Å². The summed E-state index contributed by atoms with van der Waals surface area (Å²) in [5.41, 5.74) is 3.24. The Morgan fingerprint density at radius 2 is 1.65 bits per heavy atom. The van der Waals surface area contributed by atoms with Crippen molar-refractivity contribution in [3.05, 3.63) is 53.6 Å². The Morgan fingerprint density at radius 3 is 2.35 bits per heavy atom. The van der Waals surface area contributed by atoms with Gasteiger partial charge in [-0.25, -0.2) is 0 Å². The van der Waals surface area contributed by atoms with Crippen LogP contribution >= 0.6 is 11.6 Å². The number of rotatable bonds is 9. The van der Waals surface area contributed by atoms with Gasteiger partial charge in [0.25, 0.3) is 0 Å². The summed E-state index contributed by atoms with van der Waals surface area (Å²) in [5, 5.41) is 7.67. The predicted octanol–water partition coefficient (Wildman–Crippen LogP) is 6.85. The first kappa shape index (κ1) is 17.7. The molecule has 124 valence electrons. The molecule has 0 heterocycles. The smallest absolute Gasteiger partial charge is 0.0426 e. The average molecular weight is 331 g/mol. The van der Waals surface area contributed by atoms with Gasteiger partial charge in [0.1, 0.15) is 0 Å². The number of benzene rings is 2. The summed E-state index contributed by atoms with van der Waals surface area (Å²) < 4.78 is 0. The Balaban J connectivity index is 1.82. The van der Waals surface area contributed by atoms with Gasteiger partial charge >= 0.3 is 0 Å². The molecule has 0 fully saturated rings. The van der Waals surface area contributed by atoms with E-state index in [2.05, 4.69) is 48.7 Å². The maximum atomic E-state index is 6.00. The maximum Gasteiger partial charge on any atom is 0.0426 e. The van der Waals surface area contributed by atoms with Crippen LogP contribution in [0.4, 0.5) is 17.1 Å². The summed E-state index contributed by atoms with van der Waals surface area (Å²) >= 11 is 6.00. The van der Waals surface area contributed by atoms with Gasteiger partial charge in [0.15, 0.2) is 0 Å². The van der Waals surface area contributed by atoms with Gasteiger partial charge < -0.3 is 10.6 Å². The second kappa shape index (κ2) is 9.46. The van der Waals surface area contributed by atoms with E-state index in [0.717, 1.165) is 16.4 Å². The van der Waals surface area contributed by atoms with E-state index < -0.39 is 0 Å². The van der Waals surface area contributed by atoms with Gasteiger partial charge in [0.05, 0.1) is 0 Å². The maximum absolute atomic E-state index is 6.00. The highest BCUT2D eigenvalue weighted by Gasteiger charge is 2.02. The lowest BCUT2D eigenvalue weighted by molar-refractivity contribution is 0.594. The van der Waals surface area contributed by atoms with Crippen LogP contribution in [0.1, 0.15) is 46.0 Å². The molecule has 1 unspecified atom stereocenters. The predicted molar refractivity (Wildman–Crippen MR) is 103 cm³/mol. The van der Waals surface area contributed by atoms with E-state index >= 15 is 0 Å². The highest BCUT2D eigenvalue weighted by molar-refractivity contribution is 6.30. The van der Waals surface area contributed by atoms with Crippen LogP contribution in [0.15, 0.2) is 48.5 Å². The van der Waals surface area contributed by atoms with Gasteiger partial charge in [-0.2, -0.15) is 0 Å². The van der Waals surface area contributed by atoms with Crippen molar-refractivity contribution in [3.63, 3.8) is 0 Å². The molecule has 2 nitrogen and oxygen atoms in total. The summed E-state index contributed by atoms with van der Waals surface area (Å²) in [5.74, 6) is 0. The monoisotopic (exact) mass is 330 g/mol. The van der Waals surface area contributed by atoms with E-state index in [1.54, 1.807) is 0 Å². The van der Waals surface area contributed by atoms with Crippen LogP contribution in [0.2, 0.25) is 5.02 Å². The Kier molecular flexibility index (Phi) is 7.28. The third-order valence-corrected chi connectivity index (χ3v) is 4.14. The molecule has 2 aromatic rings. The standard InChI is InChI=1S/C20H27ClN2/c1-3-4-5-6-8-16(2)22-18-11-13-19(14-12-18)23-20-10-7-9-17(21)15-20/h7,9-16,22-23H,3-6,8H2,1-2H3. The van der Waals surface area contributed by atoms with Crippen LogP contribution in [0.5, 0.6) is 0 Å². The molecule has 0 saturated carbocycles. The molecule has 0 aliphatic carbocycles. The number of hydrogen-bond acceptors (Lipinski definition) is 2. The van der Waals surface area contributed by atoms with Gasteiger partial charge in [-0.1, -0.05) is 50.3 Å². The number of nitrogens with one attached hydrogen (secondary N) is 2. The molecular formula is C20H27ClN2. The molecule has 0 bridgehead atoms. The van der Waals surface area contributed by atoms with Gasteiger partial charge in [0.2, 0.25) is 0 Å². The molecule has 23 heavy (non-hydrogen) atoms. The fourth-order valence-electron chi connectivity index (χ4n) is 2.62. The molecule has 1 atom stereocenters. The number of unbranched alkanes of at least 4 members (excludes halogenated alkanes) is 3. The van der Waals surface area contributed by atoms with Crippen LogP contribution in [0, 0.1) is 0 Å². The third-order valence-electron chi connectivity index (χ3n) is 3.90. The van der Waals surface area contributed by atoms with Gasteiger partial charge in [-0.05, 0) is 55.8 Å². The first-order chi connectivity index (χ1) is 11.2. The Hall–Kier alpha value is -1.67. The van der Waals surface area contributed by atoms with E-state index in [9.17, 15) is 0 Å². The van der Waals surface area contributed by atoms with Crippen LogP contribution < -0.4 is 10.6 Å². The second-order valence-electron chi connectivity index (χ2n) is 6.11. The number of hydrogen-bond donors (Lipinski definition) is 2. The lowest BCUT2D eigenvalue weighted by Gasteiger charge is -2.16. The van der Waals surface area contributed by atoms with Crippen molar-refractivity contribution in [1.29, 1.82) is 0 Å². The lowest BCUT2D eigenvalue weighted by atomic mass is 10.1. The minimum absolute atomic E-state index is 0.513. The largest absolute Gasteiger partial charge is 0.383 e. The average Bonchev–Trinajstić information content (AvgIpc) is 2.54. The minimum Gasteiger partial charge on any atom is -0.383 e. The molecule has 0 amide bonds. The van der Waals surface area contributed by atoms with Crippen LogP contribution in [-0.2, 0) is 0 Å². The number of anilines is 3. The van der Waals surface area contributed by atoms with E-state index in [4.69, 9.17) is 11.6 Å². The zero-order chi connectivity index (χ0) is 16.5. The third kappa shape index (κ3) is 6.54. The highest BCUT2D eigenvalue weighted by Crippen LogP contribution is 2.22. The van der Waals surface area contributed by atoms with E-state index in [0.29, 0.717) is 6.04 Å². The Bertz CT molecular complexity index is 580. The second-order valence-corrected chi connectivity index (χ2v) is 6.54. The van der Waals surface area contributed by atoms with Gasteiger partial charge in [-0.3, -0.25) is 0 Å². The first-order valence-electron chi connectivity index (χ1n) is 8.56. The van der Waals surface area contributed by atoms with Crippen LogP contribution in [0.3, 0.4) is 0 Å². The van der Waals surface area contributed by atoms with Crippen molar-refractivity contribution in [3.8, 4) is 0 Å². The summed E-state index contributed by atoms with van der Waals surface area (Å²) in [6.45, 7) is 4.50. The van der Waals surface area contributed by atoms with Crippen molar-refractivity contribution in [2.75, 3.05) is 10.6 Å². The van der Waals surface area contributed by atoms with Crippen LogP contribution in [-0.4, -0.2) is 6.04 Å². The molecule has 0 radical (unpaired) electrons. The normalized spacial score (nSPS) is 12.0. The van der Waals surface area contributed by atoms with E-state index in [1.165, 1.54) is 37.8 Å². The van der Waals surface area contributed by atoms with Gasteiger partial charge in [-0.15, -0.1) is 0 Å². The molecule has 2 N–H and O–H groups in total. The zero-order valence-corrected chi connectivity index (χ0v) is 14.9. The lowest BCUT2D eigenvalue weighted by Crippen LogP contribution is -2.14. The molecular weight excluding hydrogens is 304 g/mol.